The van der Waals surface area contributed by atoms with E-state index in [1.807, 2.05) is 24.3 Å². The summed E-state index contributed by atoms with van der Waals surface area (Å²) in [7, 11) is 0. The van der Waals surface area contributed by atoms with Gasteiger partial charge in [-0.3, -0.25) is 49.1 Å². The van der Waals surface area contributed by atoms with Crippen molar-refractivity contribution in [2.75, 3.05) is 26.2 Å². The lowest BCUT2D eigenvalue weighted by molar-refractivity contribution is -0.133. The Labute approximate surface area is 338 Å². The van der Waals surface area contributed by atoms with Crippen LogP contribution in [-0.2, 0) is 24.0 Å². The maximum Gasteiger partial charge on any atom is 0.290 e. The van der Waals surface area contributed by atoms with Crippen molar-refractivity contribution in [3.63, 3.8) is 0 Å². The Kier molecular flexibility index (Phi) is 18.5. The van der Waals surface area contributed by atoms with E-state index in [1.54, 1.807) is 18.2 Å². The van der Waals surface area contributed by atoms with Gasteiger partial charge in [0.25, 0.3) is 11.1 Å². The topological polar surface area (TPSA) is 379 Å². The first-order valence-electron chi connectivity index (χ1n) is 18.4. The number of nitrogens with two attached hydrogens (primary N) is 7. The zero-order chi connectivity index (χ0) is 42.6. The monoisotopic (exact) mass is 824 g/mol. The molecule has 0 aromatic heterocycles. The molecule has 22 heteroatoms. The SMILES string of the molecule is NC(=O)[C@H](CCCN=C(N)N)NC(=O)[C@H](CCCN=C(N)N)NC(=O)[C@H](CCCN=C(N)N)NC(=O)CCCOc1ccc(/C=C2\SC(=O)NC2=O)c2ccccc12. The van der Waals surface area contributed by atoms with E-state index in [0.717, 1.165) is 28.1 Å². The largest absolute Gasteiger partial charge is 0.493 e. The average molecular weight is 825 g/mol. The number of thioether (sulfide) groups is 1. The van der Waals surface area contributed by atoms with Crippen LogP contribution in [0.4, 0.5) is 4.79 Å². The first kappa shape index (κ1) is 45.8. The third-order valence-corrected chi connectivity index (χ3v) is 9.24. The first-order chi connectivity index (χ1) is 27.6. The van der Waals surface area contributed by atoms with Crippen LogP contribution in [0.1, 0.15) is 56.9 Å². The van der Waals surface area contributed by atoms with E-state index in [4.69, 9.17) is 44.9 Å². The fraction of sp³-hybridized carbons (Fsp3) is 0.417. The minimum atomic E-state index is -1.17. The second-order valence-electron chi connectivity index (χ2n) is 13.0. The zero-order valence-corrected chi connectivity index (χ0v) is 32.7. The lowest BCUT2D eigenvalue weighted by Gasteiger charge is -2.25. The number of nitrogens with one attached hydrogen (secondary N) is 4. The Morgan fingerprint density at radius 3 is 1.72 bits per heavy atom. The first-order valence-corrected chi connectivity index (χ1v) is 19.2. The third kappa shape index (κ3) is 15.9. The van der Waals surface area contributed by atoms with E-state index in [0.29, 0.717) is 18.6 Å². The molecule has 1 aliphatic rings. The number of aliphatic imine (C=N–C) groups is 3. The highest BCUT2D eigenvalue weighted by Crippen LogP contribution is 2.33. The quantitative estimate of drug-likeness (QED) is 0.0247. The smallest absolute Gasteiger partial charge is 0.290 e. The van der Waals surface area contributed by atoms with Crippen molar-refractivity contribution in [3.05, 3.63) is 46.9 Å². The van der Waals surface area contributed by atoms with Gasteiger partial charge in [-0.2, -0.15) is 0 Å². The second-order valence-corrected chi connectivity index (χ2v) is 14.0. The number of hydrogen-bond acceptors (Lipinski definition) is 11. The minimum Gasteiger partial charge on any atom is -0.493 e. The zero-order valence-electron chi connectivity index (χ0n) is 31.9. The normalized spacial score (nSPS) is 14.4. The van der Waals surface area contributed by atoms with Gasteiger partial charge in [0.05, 0.1) is 11.5 Å². The maximum absolute atomic E-state index is 13.7. The number of guanidine groups is 3. The molecule has 6 amide bonds. The van der Waals surface area contributed by atoms with Gasteiger partial charge >= 0.3 is 0 Å². The van der Waals surface area contributed by atoms with Crippen LogP contribution in [0.25, 0.3) is 16.8 Å². The molecular weight excluding hydrogens is 773 g/mol. The molecule has 0 saturated carbocycles. The number of fused-ring (bicyclic) bond motifs is 1. The van der Waals surface area contributed by atoms with Gasteiger partial charge in [0.2, 0.25) is 23.6 Å². The molecule has 0 spiro atoms. The number of nitrogens with zero attached hydrogens (tertiary/aromatic N) is 3. The van der Waals surface area contributed by atoms with Crippen molar-refractivity contribution < 1.29 is 33.5 Å². The fourth-order valence-corrected chi connectivity index (χ4v) is 6.34. The molecule has 1 fully saturated rings. The number of amides is 6. The van der Waals surface area contributed by atoms with Gasteiger partial charge < -0.3 is 60.8 Å². The molecule has 314 valence electrons. The fourth-order valence-electron chi connectivity index (χ4n) is 5.67. The molecule has 0 radical (unpaired) electrons. The summed E-state index contributed by atoms with van der Waals surface area (Å²) in [6.45, 7) is 0.672. The number of carbonyl (C=O) groups excluding carboxylic acids is 6. The Balaban J connectivity index is 1.68. The molecular formula is C36H52N14O7S. The summed E-state index contributed by atoms with van der Waals surface area (Å²) in [5.41, 5.74) is 38.7. The summed E-state index contributed by atoms with van der Waals surface area (Å²) in [6.07, 6.45) is 3.13. The van der Waals surface area contributed by atoms with Crippen LogP contribution in [0.15, 0.2) is 56.3 Å². The van der Waals surface area contributed by atoms with Gasteiger partial charge in [-0.25, -0.2) is 0 Å². The standard InChI is InChI=1S/C36H52N14O7S/c37-29(52)23(9-3-15-44-33(38)39)48-31(54)25(11-5-17-46-35(42)43)49-30(53)24(10-4-16-45-34(40)41)47-28(51)12-6-18-57-26-14-13-20(21-7-1-2-8-22(21)26)19-27-32(55)50-36(56)58-27/h1-2,7-8,13-14,19,23-25H,3-6,9-12,15-18H2,(H2,37,52)(H,47,51)(H,48,54)(H,49,53)(H4,38,39,44)(H4,40,41,45)(H4,42,43,46)(H,50,55,56)/b27-19-/t23-,24-,25-/m0/s1. The summed E-state index contributed by atoms with van der Waals surface area (Å²) in [4.78, 5) is 88.3. The molecule has 0 unspecified atom stereocenters. The molecule has 18 N–H and O–H groups in total. The number of imide groups is 1. The molecule has 2 aromatic carbocycles. The van der Waals surface area contributed by atoms with E-state index in [-0.39, 0.29) is 87.5 Å². The molecule has 21 nitrogen and oxygen atoms in total. The Bertz CT molecular complexity index is 1920. The van der Waals surface area contributed by atoms with Gasteiger partial charge in [-0.1, -0.05) is 30.3 Å². The summed E-state index contributed by atoms with van der Waals surface area (Å²) >= 11 is 0.825. The van der Waals surface area contributed by atoms with E-state index in [9.17, 15) is 28.8 Å². The molecule has 0 aliphatic carbocycles. The lowest BCUT2D eigenvalue weighted by Crippen LogP contribution is -2.56. The van der Waals surface area contributed by atoms with Crippen LogP contribution in [0.3, 0.4) is 0 Å². The molecule has 1 saturated heterocycles. The summed E-state index contributed by atoms with van der Waals surface area (Å²) in [5.74, 6) is -2.94. The molecule has 2 aromatic rings. The molecule has 0 bridgehead atoms. The number of hydrogen-bond donors (Lipinski definition) is 11. The van der Waals surface area contributed by atoms with Crippen LogP contribution in [0, 0.1) is 0 Å². The Morgan fingerprint density at radius 2 is 1.21 bits per heavy atom. The highest BCUT2D eigenvalue weighted by molar-refractivity contribution is 8.18. The number of benzene rings is 2. The van der Waals surface area contributed by atoms with Crippen LogP contribution >= 0.6 is 11.8 Å². The molecule has 3 rings (SSSR count). The van der Waals surface area contributed by atoms with Gasteiger partial charge in [-0.15, -0.1) is 0 Å². The molecule has 1 aliphatic heterocycles. The van der Waals surface area contributed by atoms with Crippen LogP contribution in [-0.4, -0.2) is 97.0 Å². The van der Waals surface area contributed by atoms with Crippen molar-refractivity contribution in [2.45, 2.75) is 69.5 Å². The lowest BCUT2D eigenvalue weighted by atomic mass is 10.0. The molecule has 3 atom stereocenters. The van der Waals surface area contributed by atoms with Gasteiger partial charge in [0.15, 0.2) is 17.9 Å². The van der Waals surface area contributed by atoms with E-state index < -0.39 is 52.9 Å². The predicted octanol–water partition coefficient (Wildman–Crippen LogP) is -1.58. The second kappa shape index (κ2) is 23.5. The number of primary amides is 1. The van der Waals surface area contributed by atoms with Crippen molar-refractivity contribution in [3.8, 4) is 5.75 Å². The predicted molar refractivity (Wildman–Crippen MR) is 223 cm³/mol. The summed E-state index contributed by atoms with van der Waals surface area (Å²) in [6, 6.07) is 7.57. The summed E-state index contributed by atoms with van der Waals surface area (Å²) < 4.78 is 6.04. The minimum absolute atomic E-state index is 0.0112. The molecule has 1 heterocycles. The van der Waals surface area contributed by atoms with E-state index >= 15 is 0 Å². The summed E-state index contributed by atoms with van der Waals surface area (Å²) in [5, 5.41) is 11.4. The van der Waals surface area contributed by atoms with Gasteiger partial charge in [0, 0.05) is 31.4 Å². The average Bonchev–Trinajstić information content (AvgIpc) is 3.49. The van der Waals surface area contributed by atoms with Gasteiger partial charge in [0.1, 0.15) is 23.9 Å². The van der Waals surface area contributed by atoms with Crippen LogP contribution in [0.2, 0.25) is 0 Å². The number of carbonyl (C=O) groups is 6. The Hall–Kier alpha value is -6.58. The van der Waals surface area contributed by atoms with Crippen LogP contribution in [0.5, 0.6) is 5.75 Å². The number of rotatable bonds is 24. The molecule has 58 heavy (non-hydrogen) atoms. The van der Waals surface area contributed by atoms with E-state index in [1.165, 1.54) is 0 Å². The van der Waals surface area contributed by atoms with Crippen molar-refractivity contribution in [1.82, 2.24) is 21.3 Å². The Morgan fingerprint density at radius 1 is 0.690 bits per heavy atom. The van der Waals surface area contributed by atoms with Gasteiger partial charge in [-0.05, 0) is 79.8 Å². The van der Waals surface area contributed by atoms with Crippen molar-refractivity contribution in [1.29, 1.82) is 0 Å². The highest BCUT2D eigenvalue weighted by atomic mass is 32.2. The van der Waals surface area contributed by atoms with Crippen molar-refractivity contribution in [2.24, 2.45) is 55.1 Å². The maximum atomic E-state index is 13.7. The van der Waals surface area contributed by atoms with Crippen LogP contribution < -0.4 is 66.1 Å². The highest BCUT2D eigenvalue weighted by Gasteiger charge is 2.29. The number of ether oxygens (including phenoxy) is 1. The third-order valence-electron chi connectivity index (χ3n) is 8.43. The van der Waals surface area contributed by atoms with E-state index in [2.05, 4.69) is 36.2 Å². The van der Waals surface area contributed by atoms with Crippen molar-refractivity contribution >= 4 is 81.3 Å².